The van der Waals surface area contributed by atoms with Crippen molar-refractivity contribution in [1.82, 2.24) is 4.98 Å². The van der Waals surface area contributed by atoms with E-state index in [2.05, 4.69) is 31.8 Å². The molecule has 0 saturated heterocycles. The Kier molecular flexibility index (Phi) is 2.81. The van der Waals surface area contributed by atoms with Gasteiger partial charge >= 0.3 is 0 Å². The lowest BCUT2D eigenvalue weighted by atomic mass is 9.82. The van der Waals surface area contributed by atoms with Crippen LogP contribution >= 0.6 is 11.6 Å². The fraction of sp³-hybridized carbons (Fsp3) is 0.286. The molecule has 0 atom stereocenters. The highest BCUT2D eigenvalue weighted by atomic mass is 35.5. The SMILES string of the molecule is CC(C)(C)c1c(C#N)cnc2c(Cl)cccc12. The normalized spacial score (nSPS) is 11.5. The van der Waals surface area contributed by atoms with Crippen molar-refractivity contribution < 1.29 is 0 Å². The van der Waals surface area contributed by atoms with Crippen LogP contribution in [0.1, 0.15) is 31.9 Å². The Bertz CT molecular complexity index is 618. The Morgan fingerprint density at radius 2 is 2.00 bits per heavy atom. The number of nitriles is 1. The molecule has 0 unspecified atom stereocenters. The molecule has 1 heterocycles. The van der Waals surface area contributed by atoms with Crippen molar-refractivity contribution in [3.63, 3.8) is 0 Å². The summed E-state index contributed by atoms with van der Waals surface area (Å²) in [5, 5.41) is 10.8. The van der Waals surface area contributed by atoms with E-state index in [0.717, 1.165) is 16.5 Å². The highest BCUT2D eigenvalue weighted by molar-refractivity contribution is 6.35. The summed E-state index contributed by atoms with van der Waals surface area (Å²) in [4.78, 5) is 4.27. The van der Waals surface area contributed by atoms with Crippen molar-refractivity contribution in [1.29, 1.82) is 5.26 Å². The van der Waals surface area contributed by atoms with Gasteiger partial charge in [0.2, 0.25) is 0 Å². The highest BCUT2D eigenvalue weighted by Crippen LogP contribution is 2.34. The van der Waals surface area contributed by atoms with Gasteiger partial charge in [0.25, 0.3) is 0 Å². The van der Waals surface area contributed by atoms with Crippen molar-refractivity contribution in [3.05, 3.63) is 40.5 Å². The molecule has 86 valence electrons. The van der Waals surface area contributed by atoms with E-state index < -0.39 is 0 Å². The lowest BCUT2D eigenvalue weighted by Gasteiger charge is -2.22. The van der Waals surface area contributed by atoms with Crippen molar-refractivity contribution in [2.75, 3.05) is 0 Å². The lowest BCUT2D eigenvalue weighted by molar-refractivity contribution is 0.593. The summed E-state index contributed by atoms with van der Waals surface area (Å²) in [7, 11) is 0. The number of hydrogen-bond donors (Lipinski definition) is 0. The summed E-state index contributed by atoms with van der Waals surface area (Å²) >= 11 is 6.13. The summed E-state index contributed by atoms with van der Waals surface area (Å²) in [5.74, 6) is 0. The van der Waals surface area contributed by atoms with Gasteiger partial charge in [-0.05, 0) is 17.0 Å². The fourth-order valence-corrected chi connectivity index (χ4v) is 2.30. The predicted octanol–water partition coefficient (Wildman–Crippen LogP) is 4.06. The van der Waals surface area contributed by atoms with E-state index in [9.17, 15) is 5.26 Å². The molecule has 0 N–H and O–H groups in total. The Hall–Kier alpha value is -1.59. The topological polar surface area (TPSA) is 36.7 Å². The van der Waals surface area contributed by atoms with Crippen LogP contribution in [0.4, 0.5) is 0 Å². The second-order valence-electron chi connectivity index (χ2n) is 5.04. The molecule has 0 aliphatic carbocycles. The third-order valence-corrected chi connectivity index (χ3v) is 3.02. The Labute approximate surface area is 106 Å². The summed E-state index contributed by atoms with van der Waals surface area (Å²) in [6.45, 7) is 6.26. The minimum atomic E-state index is -0.114. The molecule has 2 nitrogen and oxygen atoms in total. The van der Waals surface area contributed by atoms with E-state index in [1.54, 1.807) is 6.20 Å². The maximum Gasteiger partial charge on any atom is 0.101 e. The van der Waals surface area contributed by atoms with Crippen LogP contribution in [0.15, 0.2) is 24.4 Å². The van der Waals surface area contributed by atoms with Crippen LogP contribution in [0.2, 0.25) is 5.02 Å². The van der Waals surface area contributed by atoms with Crippen LogP contribution in [0, 0.1) is 11.3 Å². The average Bonchev–Trinajstić information content (AvgIpc) is 2.26. The molecule has 2 rings (SSSR count). The molecular formula is C14H13ClN2. The zero-order valence-electron chi connectivity index (χ0n) is 10.1. The van der Waals surface area contributed by atoms with Gasteiger partial charge in [0, 0.05) is 11.6 Å². The van der Waals surface area contributed by atoms with Gasteiger partial charge in [-0.1, -0.05) is 44.5 Å². The molecule has 0 bridgehead atoms. The van der Waals surface area contributed by atoms with Crippen LogP contribution < -0.4 is 0 Å². The molecule has 1 aromatic carbocycles. The Balaban J connectivity index is 2.96. The molecule has 0 aliphatic rings. The van der Waals surface area contributed by atoms with Crippen LogP contribution in [-0.2, 0) is 5.41 Å². The third kappa shape index (κ3) is 1.99. The van der Waals surface area contributed by atoms with Crippen LogP contribution in [0.3, 0.4) is 0 Å². The molecule has 17 heavy (non-hydrogen) atoms. The number of nitrogens with zero attached hydrogens (tertiary/aromatic N) is 2. The van der Waals surface area contributed by atoms with E-state index in [-0.39, 0.29) is 5.41 Å². The molecule has 1 aromatic heterocycles. The van der Waals surface area contributed by atoms with Crippen molar-refractivity contribution in [2.45, 2.75) is 26.2 Å². The minimum absolute atomic E-state index is 0.114. The van der Waals surface area contributed by atoms with Crippen molar-refractivity contribution in [2.24, 2.45) is 0 Å². The minimum Gasteiger partial charge on any atom is -0.253 e. The van der Waals surface area contributed by atoms with Gasteiger partial charge in [0.15, 0.2) is 0 Å². The number of hydrogen-bond acceptors (Lipinski definition) is 2. The van der Waals surface area contributed by atoms with Crippen LogP contribution in [0.5, 0.6) is 0 Å². The zero-order valence-corrected chi connectivity index (χ0v) is 10.8. The summed E-state index contributed by atoms with van der Waals surface area (Å²) < 4.78 is 0. The van der Waals surface area contributed by atoms with Gasteiger partial charge in [0.1, 0.15) is 6.07 Å². The second-order valence-corrected chi connectivity index (χ2v) is 5.45. The summed E-state index contributed by atoms with van der Waals surface area (Å²) in [5.41, 5.74) is 2.27. The number of rotatable bonds is 0. The smallest absolute Gasteiger partial charge is 0.101 e. The van der Waals surface area contributed by atoms with Gasteiger partial charge in [-0.3, -0.25) is 4.98 Å². The third-order valence-electron chi connectivity index (χ3n) is 2.72. The molecule has 0 aliphatic heterocycles. The second kappa shape index (κ2) is 4.01. The van der Waals surface area contributed by atoms with Crippen molar-refractivity contribution >= 4 is 22.5 Å². The Morgan fingerprint density at radius 1 is 1.29 bits per heavy atom. The number of benzene rings is 1. The molecule has 0 spiro atoms. The van der Waals surface area contributed by atoms with E-state index in [0.29, 0.717) is 10.6 Å². The van der Waals surface area contributed by atoms with E-state index in [1.165, 1.54) is 0 Å². The van der Waals surface area contributed by atoms with E-state index in [1.807, 2.05) is 18.2 Å². The van der Waals surface area contributed by atoms with Gasteiger partial charge in [-0.15, -0.1) is 0 Å². The van der Waals surface area contributed by atoms with Gasteiger partial charge in [0.05, 0.1) is 16.1 Å². The number of aromatic nitrogens is 1. The number of halogens is 1. The number of para-hydroxylation sites is 1. The molecular weight excluding hydrogens is 232 g/mol. The van der Waals surface area contributed by atoms with Crippen LogP contribution in [-0.4, -0.2) is 4.98 Å². The molecule has 0 fully saturated rings. The number of pyridine rings is 1. The largest absolute Gasteiger partial charge is 0.253 e. The van der Waals surface area contributed by atoms with Gasteiger partial charge < -0.3 is 0 Å². The molecule has 0 radical (unpaired) electrons. The molecule has 0 amide bonds. The fourth-order valence-electron chi connectivity index (χ4n) is 2.08. The first kappa shape index (κ1) is 11.9. The predicted molar refractivity (Wildman–Crippen MR) is 70.2 cm³/mol. The lowest BCUT2D eigenvalue weighted by Crippen LogP contribution is -2.14. The van der Waals surface area contributed by atoms with Crippen LogP contribution in [0.25, 0.3) is 10.9 Å². The van der Waals surface area contributed by atoms with Gasteiger partial charge in [-0.25, -0.2) is 0 Å². The maximum absolute atomic E-state index is 9.19. The molecule has 3 heteroatoms. The standard InChI is InChI=1S/C14H13ClN2/c1-14(2,3)12-9(7-16)8-17-13-10(12)5-4-6-11(13)15/h4-6,8H,1-3H3. The van der Waals surface area contributed by atoms with E-state index in [4.69, 9.17) is 11.6 Å². The van der Waals surface area contributed by atoms with Crippen molar-refractivity contribution in [3.8, 4) is 6.07 Å². The summed E-state index contributed by atoms with van der Waals surface area (Å²) in [6, 6.07) is 7.88. The first-order valence-corrected chi connectivity index (χ1v) is 5.81. The molecule has 2 aromatic rings. The maximum atomic E-state index is 9.19. The van der Waals surface area contributed by atoms with Gasteiger partial charge in [-0.2, -0.15) is 5.26 Å². The summed E-state index contributed by atoms with van der Waals surface area (Å²) in [6.07, 6.45) is 1.61. The first-order valence-electron chi connectivity index (χ1n) is 5.43. The molecule has 0 saturated carbocycles. The first-order chi connectivity index (χ1) is 7.95. The monoisotopic (exact) mass is 244 g/mol. The quantitative estimate of drug-likeness (QED) is 0.701. The highest BCUT2D eigenvalue weighted by Gasteiger charge is 2.22. The Morgan fingerprint density at radius 3 is 2.59 bits per heavy atom. The number of fused-ring (bicyclic) bond motifs is 1. The average molecular weight is 245 g/mol. The zero-order chi connectivity index (χ0) is 12.6. The van der Waals surface area contributed by atoms with E-state index >= 15 is 0 Å².